The molecule has 3 heteroatoms. The summed E-state index contributed by atoms with van der Waals surface area (Å²) in [6.45, 7) is 16.3. The molecule has 0 aliphatic rings. The van der Waals surface area contributed by atoms with E-state index in [1.54, 1.807) is 7.11 Å². The van der Waals surface area contributed by atoms with Crippen molar-refractivity contribution >= 4 is 0 Å². The Hall–Kier alpha value is -0.120. The monoisotopic (exact) mass is 288 g/mol. The van der Waals surface area contributed by atoms with Crippen molar-refractivity contribution in [2.45, 2.75) is 86.0 Å². The Labute approximate surface area is 125 Å². The van der Waals surface area contributed by atoms with E-state index in [0.717, 1.165) is 6.42 Å². The third-order valence-corrected chi connectivity index (χ3v) is 4.27. The van der Waals surface area contributed by atoms with E-state index in [1.165, 1.54) is 0 Å². The molecule has 2 atom stereocenters. The number of methoxy groups -OCH3 is 1. The average molecular weight is 288 g/mol. The average Bonchev–Trinajstić information content (AvgIpc) is 2.23. The van der Waals surface area contributed by atoms with Gasteiger partial charge in [0, 0.05) is 7.11 Å². The smallest absolute Gasteiger partial charge is 0.0856 e. The van der Waals surface area contributed by atoms with Crippen LogP contribution < -0.4 is 0 Å². The number of ether oxygens (including phenoxy) is 1. The highest BCUT2D eigenvalue weighted by molar-refractivity contribution is 4.94. The zero-order valence-corrected chi connectivity index (χ0v) is 14.9. The van der Waals surface area contributed by atoms with Gasteiger partial charge in [0.25, 0.3) is 0 Å². The first-order valence-electron chi connectivity index (χ1n) is 7.66. The van der Waals surface area contributed by atoms with Gasteiger partial charge in [-0.15, -0.1) is 0 Å². The Bertz CT molecular complexity index is 293. The number of aliphatic hydroxyl groups excluding tert-OH is 2. The lowest BCUT2D eigenvalue weighted by molar-refractivity contribution is -0.127. The molecule has 0 aliphatic heterocycles. The lowest BCUT2D eigenvalue weighted by Crippen LogP contribution is -2.49. The largest absolute Gasteiger partial charge is 0.390 e. The lowest BCUT2D eigenvalue weighted by Gasteiger charge is -2.44. The Morgan fingerprint density at radius 1 is 0.850 bits per heavy atom. The van der Waals surface area contributed by atoms with E-state index < -0.39 is 17.6 Å². The summed E-state index contributed by atoms with van der Waals surface area (Å²) < 4.78 is 5.46. The SMILES string of the molecule is COC(C)(C)CC(C)(C)C(O)C(O)C(C)(C)CC(C)C. The molecule has 0 aromatic rings. The van der Waals surface area contributed by atoms with Crippen molar-refractivity contribution in [3.63, 3.8) is 0 Å². The van der Waals surface area contributed by atoms with Gasteiger partial charge in [0.05, 0.1) is 17.8 Å². The molecule has 0 radical (unpaired) electrons. The van der Waals surface area contributed by atoms with E-state index in [-0.39, 0.29) is 11.0 Å². The van der Waals surface area contributed by atoms with Crippen LogP contribution in [0.1, 0.15) is 68.2 Å². The minimum Gasteiger partial charge on any atom is -0.390 e. The maximum absolute atomic E-state index is 10.6. The normalized spacial score (nSPS) is 17.4. The van der Waals surface area contributed by atoms with E-state index in [2.05, 4.69) is 13.8 Å². The summed E-state index contributed by atoms with van der Waals surface area (Å²) in [5, 5.41) is 21.3. The Kier molecular flexibility index (Phi) is 6.72. The quantitative estimate of drug-likeness (QED) is 0.717. The molecule has 0 heterocycles. The summed E-state index contributed by atoms with van der Waals surface area (Å²) in [5.74, 6) is 0.491. The minimum absolute atomic E-state index is 0.304. The van der Waals surface area contributed by atoms with Crippen LogP contribution >= 0.6 is 0 Å². The van der Waals surface area contributed by atoms with Crippen molar-refractivity contribution < 1.29 is 14.9 Å². The summed E-state index contributed by atoms with van der Waals surface area (Å²) in [6, 6.07) is 0. The van der Waals surface area contributed by atoms with Crippen molar-refractivity contribution in [3.8, 4) is 0 Å². The first kappa shape index (κ1) is 19.9. The van der Waals surface area contributed by atoms with Crippen molar-refractivity contribution in [1.29, 1.82) is 0 Å². The second kappa shape index (κ2) is 6.76. The van der Waals surface area contributed by atoms with Crippen LogP contribution in [0.25, 0.3) is 0 Å². The molecule has 0 spiro atoms. The molecule has 3 nitrogen and oxygen atoms in total. The van der Waals surface area contributed by atoms with Crippen molar-refractivity contribution in [2.24, 2.45) is 16.7 Å². The maximum atomic E-state index is 10.6. The van der Waals surface area contributed by atoms with Gasteiger partial charge in [-0.2, -0.15) is 0 Å². The molecule has 0 aliphatic carbocycles. The van der Waals surface area contributed by atoms with Crippen molar-refractivity contribution in [3.05, 3.63) is 0 Å². The van der Waals surface area contributed by atoms with E-state index in [1.807, 2.05) is 41.5 Å². The van der Waals surface area contributed by atoms with Crippen molar-refractivity contribution in [1.82, 2.24) is 0 Å². The molecule has 0 aromatic heterocycles. The number of rotatable bonds is 8. The van der Waals surface area contributed by atoms with Crippen LogP contribution in [0.5, 0.6) is 0 Å². The minimum atomic E-state index is -0.773. The van der Waals surface area contributed by atoms with Gasteiger partial charge in [0.1, 0.15) is 0 Å². The second-order valence-corrected chi connectivity index (χ2v) is 8.61. The summed E-state index contributed by atoms with van der Waals surface area (Å²) in [6.07, 6.45) is 0.0554. The van der Waals surface area contributed by atoms with E-state index in [4.69, 9.17) is 4.74 Å². The Morgan fingerprint density at radius 2 is 1.25 bits per heavy atom. The van der Waals surface area contributed by atoms with Crippen LogP contribution in [-0.2, 0) is 4.74 Å². The predicted molar refractivity (Wildman–Crippen MR) is 84.7 cm³/mol. The van der Waals surface area contributed by atoms with Gasteiger partial charge in [-0.25, -0.2) is 0 Å². The molecule has 2 unspecified atom stereocenters. The second-order valence-electron chi connectivity index (χ2n) is 8.61. The van der Waals surface area contributed by atoms with Crippen LogP contribution in [0.2, 0.25) is 0 Å². The number of hydrogen-bond acceptors (Lipinski definition) is 3. The molecule has 2 N–H and O–H groups in total. The number of aliphatic hydroxyl groups is 2. The summed E-state index contributed by atoms with van der Waals surface area (Å²) >= 11 is 0. The molecular formula is C17H36O3. The Morgan fingerprint density at radius 3 is 1.60 bits per heavy atom. The molecule has 0 aromatic carbocycles. The fourth-order valence-electron chi connectivity index (χ4n) is 3.30. The highest BCUT2D eigenvalue weighted by atomic mass is 16.5. The first-order valence-corrected chi connectivity index (χ1v) is 7.66. The van der Waals surface area contributed by atoms with Gasteiger partial charge in [-0.1, -0.05) is 41.5 Å². The molecular weight excluding hydrogens is 252 g/mol. The predicted octanol–water partition coefficient (Wildman–Crippen LogP) is 3.62. The van der Waals surface area contributed by atoms with E-state index in [0.29, 0.717) is 12.3 Å². The molecule has 0 saturated heterocycles. The fraction of sp³-hybridized carbons (Fsp3) is 1.00. The summed E-state index contributed by atoms with van der Waals surface area (Å²) in [7, 11) is 1.68. The zero-order valence-electron chi connectivity index (χ0n) is 14.9. The highest BCUT2D eigenvalue weighted by Crippen LogP contribution is 2.40. The van der Waals surface area contributed by atoms with Crippen LogP contribution in [0.15, 0.2) is 0 Å². The number of hydrogen-bond donors (Lipinski definition) is 2. The zero-order chi connectivity index (χ0) is 16.4. The third-order valence-electron chi connectivity index (χ3n) is 4.27. The van der Waals surface area contributed by atoms with Crippen LogP contribution in [0.4, 0.5) is 0 Å². The van der Waals surface area contributed by atoms with Crippen LogP contribution in [-0.4, -0.2) is 35.1 Å². The van der Waals surface area contributed by atoms with Crippen LogP contribution in [0, 0.1) is 16.7 Å². The first-order chi connectivity index (χ1) is 8.75. The van der Waals surface area contributed by atoms with Crippen LogP contribution in [0.3, 0.4) is 0 Å². The topological polar surface area (TPSA) is 49.7 Å². The highest BCUT2D eigenvalue weighted by Gasteiger charge is 2.43. The van der Waals surface area contributed by atoms with Gasteiger partial charge >= 0.3 is 0 Å². The molecule has 0 amide bonds. The van der Waals surface area contributed by atoms with Gasteiger partial charge in [0.2, 0.25) is 0 Å². The van der Waals surface area contributed by atoms with E-state index >= 15 is 0 Å². The third kappa shape index (κ3) is 5.71. The molecule has 0 fully saturated rings. The van der Waals surface area contributed by atoms with Gasteiger partial charge < -0.3 is 14.9 Å². The molecule has 0 rings (SSSR count). The van der Waals surface area contributed by atoms with Gasteiger partial charge in [-0.3, -0.25) is 0 Å². The van der Waals surface area contributed by atoms with Gasteiger partial charge in [-0.05, 0) is 43.4 Å². The summed E-state index contributed by atoms with van der Waals surface area (Å²) in [5.41, 5.74) is -1.03. The fourth-order valence-corrected chi connectivity index (χ4v) is 3.30. The van der Waals surface area contributed by atoms with Crippen molar-refractivity contribution in [2.75, 3.05) is 7.11 Å². The standard InChI is InChI=1S/C17H36O3/c1-12(2)10-15(3,4)13(18)14(19)16(5,6)11-17(7,8)20-9/h12-14,18-19H,10-11H2,1-9H3. The van der Waals surface area contributed by atoms with Gasteiger partial charge in [0.15, 0.2) is 0 Å². The molecule has 122 valence electrons. The summed E-state index contributed by atoms with van der Waals surface area (Å²) in [4.78, 5) is 0. The lowest BCUT2D eigenvalue weighted by atomic mass is 9.68. The Balaban J connectivity index is 4.99. The van der Waals surface area contributed by atoms with E-state index in [9.17, 15) is 10.2 Å². The molecule has 0 saturated carbocycles. The molecule has 0 bridgehead atoms. The maximum Gasteiger partial charge on any atom is 0.0856 e. The molecule has 20 heavy (non-hydrogen) atoms.